The highest BCUT2D eigenvalue weighted by atomic mass is 16.6. The van der Waals surface area contributed by atoms with Crippen LogP contribution in [0.2, 0.25) is 0 Å². The third kappa shape index (κ3) is 4.03. The number of rotatable bonds is 5. The van der Waals surface area contributed by atoms with Gasteiger partial charge in [-0.05, 0) is 30.3 Å². The van der Waals surface area contributed by atoms with Crippen LogP contribution in [-0.4, -0.2) is 29.3 Å². The van der Waals surface area contributed by atoms with Crippen molar-refractivity contribution in [2.45, 2.75) is 0 Å². The van der Waals surface area contributed by atoms with E-state index in [9.17, 15) is 19.7 Å². The second kappa shape index (κ2) is 9.06. The number of non-ortho nitro benzene ring substituents is 1. The predicted octanol–water partition coefficient (Wildman–Crippen LogP) is 3.02. The number of oxazole rings is 1. The molecular formula is C27H16N6O5. The average molecular weight is 504 g/mol. The second-order valence-electron chi connectivity index (χ2n) is 8.26. The summed E-state index contributed by atoms with van der Waals surface area (Å²) in [6, 6.07) is 23.9. The number of hydrogen-bond donors (Lipinski definition) is 0. The molecule has 11 heteroatoms. The number of para-hydroxylation sites is 1. The van der Waals surface area contributed by atoms with Gasteiger partial charge in [-0.2, -0.15) is 15.2 Å². The zero-order valence-corrected chi connectivity index (χ0v) is 19.5. The molecule has 0 saturated heterocycles. The first-order valence-corrected chi connectivity index (χ1v) is 11.4. The van der Waals surface area contributed by atoms with Crippen LogP contribution in [0.3, 0.4) is 0 Å². The molecule has 0 unspecified atom stereocenters. The Morgan fingerprint density at radius 1 is 0.816 bits per heavy atom. The summed E-state index contributed by atoms with van der Waals surface area (Å²) in [6.45, 7) is 0. The minimum atomic E-state index is -0.625. The van der Waals surface area contributed by atoms with E-state index in [4.69, 9.17) is 4.42 Å². The average Bonchev–Trinajstić information content (AvgIpc) is 3.50. The normalized spacial score (nSPS) is 11.7. The fourth-order valence-electron chi connectivity index (χ4n) is 4.00. The summed E-state index contributed by atoms with van der Waals surface area (Å²) in [4.78, 5) is 40.3. The highest BCUT2D eigenvalue weighted by molar-refractivity contribution is 5.72. The fraction of sp³-hybridized carbons (Fsp3) is 0. The summed E-state index contributed by atoms with van der Waals surface area (Å²) in [6.07, 6.45) is 3.19. The summed E-state index contributed by atoms with van der Waals surface area (Å²) in [5.74, 6) is -0.238. The first-order chi connectivity index (χ1) is 18.5. The lowest BCUT2D eigenvalue weighted by Crippen LogP contribution is -2.27. The van der Waals surface area contributed by atoms with Gasteiger partial charge in [0.1, 0.15) is 5.69 Å². The molecule has 0 N–H and O–H groups in total. The van der Waals surface area contributed by atoms with Crippen molar-refractivity contribution in [1.82, 2.24) is 24.4 Å². The van der Waals surface area contributed by atoms with Crippen LogP contribution in [0.5, 0.6) is 0 Å². The molecule has 3 aromatic heterocycles. The molecule has 184 valence electrons. The third-order valence-electron chi connectivity index (χ3n) is 5.83. The lowest BCUT2D eigenvalue weighted by Gasteiger charge is -2.00. The van der Waals surface area contributed by atoms with Crippen LogP contribution in [0, 0.1) is 10.1 Å². The molecular weight excluding hydrogens is 488 g/mol. The summed E-state index contributed by atoms with van der Waals surface area (Å²) >= 11 is 0. The van der Waals surface area contributed by atoms with E-state index in [2.05, 4.69) is 15.2 Å². The quantitative estimate of drug-likeness (QED) is 0.258. The van der Waals surface area contributed by atoms with Crippen LogP contribution in [0.4, 0.5) is 5.69 Å². The first-order valence-electron chi connectivity index (χ1n) is 11.4. The second-order valence-corrected chi connectivity index (χ2v) is 8.26. The van der Waals surface area contributed by atoms with E-state index in [-0.39, 0.29) is 22.6 Å². The molecule has 0 aliphatic rings. The molecule has 0 bridgehead atoms. The molecule has 0 radical (unpaired) electrons. The van der Waals surface area contributed by atoms with Gasteiger partial charge in [-0.1, -0.05) is 48.5 Å². The third-order valence-corrected chi connectivity index (χ3v) is 5.83. The molecule has 0 fully saturated rings. The van der Waals surface area contributed by atoms with Crippen LogP contribution in [-0.2, 0) is 0 Å². The molecule has 0 saturated carbocycles. The van der Waals surface area contributed by atoms with Gasteiger partial charge in [-0.3, -0.25) is 19.7 Å². The predicted molar refractivity (Wildman–Crippen MR) is 138 cm³/mol. The molecule has 3 aromatic carbocycles. The lowest BCUT2D eigenvalue weighted by molar-refractivity contribution is -0.384. The van der Waals surface area contributed by atoms with Crippen molar-refractivity contribution in [2.75, 3.05) is 0 Å². The molecule has 6 aromatic rings. The van der Waals surface area contributed by atoms with Crippen LogP contribution in [0.15, 0.2) is 105 Å². The minimum absolute atomic E-state index is 0.0241. The number of benzene rings is 3. The Kier molecular flexibility index (Phi) is 5.42. The molecule has 0 atom stereocenters. The summed E-state index contributed by atoms with van der Waals surface area (Å²) < 4.78 is 8.20. The van der Waals surface area contributed by atoms with E-state index in [0.29, 0.717) is 22.4 Å². The van der Waals surface area contributed by atoms with Crippen LogP contribution < -0.4 is 16.5 Å². The zero-order chi connectivity index (χ0) is 26.2. The van der Waals surface area contributed by atoms with Gasteiger partial charge >= 0.3 is 17.0 Å². The van der Waals surface area contributed by atoms with E-state index in [0.717, 1.165) is 10.2 Å². The largest absolute Gasteiger partial charge is 0.418 e. The summed E-state index contributed by atoms with van der Waals surface area (Å²) in [5, 5.41) is 20.0. The van der Waals surface area contributed by atoms with Crippen LogP contribution in [0.25, 0.3) is 40.1 Å². The van der Waals surface area contributed by atoms with Crippen molar-refractivity contribution in [1.29, 1.82) is 0 Å². The number of nitrogens with zero attached hydrogens (tertiary/aromatic N) is 6. The minimum Gasteiger partial charge on any atom is -0.418 e. The Morgan fingerprint density at radius 3 is 2.16 bits per heavy atom. The van der Waals surface area contributed by atoms with Gasteiger partial charge in [0, 0.05) is 35.0 Å². The Balaban J connectivity index is 1.53. The van der Waals surface area contributed by atoms with E-state index in [1.165, 1.54) is 18.2 Å². The monoisotopic (exact) mass is 504 g/mol. The smallest absolute Gasteiger partial charge is 0.330 e. The van der Waals surface area contributed by atoms with Crippen LogP contribution in [0.1, 0.15) is 5.56 Å². The molecule has 11 nitrogen and oxygen atoms in total. The standard InChI is InChI=1S/C27H16N6O5/c34-25-24(17-7-3-1-4-8-17)30-32-26(35)22(38-27(32)28-25)15-19-16-31(20-9-5-2-6-10-20)29-23(19)18-11-13-21(14-12-18)33(36)37/h1-16H. The van der Waals surface area contributed by atoms with Crippen molar-refractivity contribution in [3.63, 3.8) is 0 Å². The van der Waals surface area contributed by atoms with Crippen molar-refractivity contribution in [3.05, 3.63) is 133 Å². The molecule has 0 spiro atoms. The number of nitro groups is 1. The van der Waals surface area contributed by atoms with Gasteiger partial charge in [0.05, 0.1) is 10.6 Å². The summed E-state index contributed by atoms with van der Waals surface area (Å²) in [5.41, 5.74) is 1.48. The van der Waals surface area contributed by atoms with Gasteiger partial charge in [-0.25, -0.2) is 4.68 Å². The SMILES string of the molecule is O=c1nc2oc(=Cc3cn(-c4ccccc4)nc3-c3ccc([N+](=O)[O-])cc3)c(=O)n2nc1-c1ccccc1. The Morgan fingerprint density at radius 2 is 1.47 bits per heavy atom. The fourth-order valence-corrected chi connectivity index (χ4v) is 4.00. The van der Waals surface area contributed by atoms with Crippen molar-refractivity contribution in [2.24, 2.45) is 0 Å². The summed E-state index contributed by atoms with van der Waals surface area (Å²) in [7, 11) is 0. The van der Waals surface area contributed by atoms with Crippen LogP contribution >= 0.6 is 0 Å². The topological polar surface area (TPSA) is 138 Å². The van der Waals surface area contributed by atoms with Gasteiger partial charge < -0.3 is 4.42 Å². The molecule has 6 rings (SSSR count). The maximum atomic E-state index is 13.2. The maximum absolute atomic E-state index is 13.2. The Hall–Kier alpha value is -5.71. The Bertz CT molecular complexity index is 1980. The van der Waals surface area contributed by atoms with Crippen molar-refractivity contribution in [3.8, 4) is 28.2 Å². The number of nitro benzene ring substituents is 1. The number of hydrogen-bond acceptors (Lipinski definition) is 8. The van der Waals surface area contributed by atoms with E-state index in [1.807, 2.05) is 30.3 Å². The van der Waals surface area contributed by atoms with E-state index in [1.54, 1.807) is 53.3 Å². The van der Waals surface area contributed by atoms with Gasteiger partial charge in [0.2, 0.25) is 0 Å². The van der Waals surface area contributed by atoms with Crippen molar-refractivity contribution >= 4 is 17.6 Å². The highest BCUT2D eigenvalue weighted by Gasteiger charge is 2.17. The van der Waals surface area contributed by atoms with Gasteiger partial charge in [0.15, 0.2) is 11.1 Å². The van der Waals surface area contributed by atoms with E-state index >= 15 is 0 Å². The molecule has 3 heterocycles. The lowest BCUT2D eigenvalue weighted by atomic mass is 10.1. The Labute approximate surface area is 212 Å². The van der Waals surface area contributed by atoms with Crippen molar-refractivity contribution < 1.29 is 9.34 Å². The maximum Gasteiger partial charge on any atom is 0.330 e. The first kappa shape index (κ1) is 22.7. The molecule has 0 aliphatic heterocycles. The van der Waals surface area contributed by atoms with E-state index < -0.39 is 16.0 Å². The molecule has 0 aliphatic carbocycles. The number of aromatic nitrogens is 5. The number of fused-ring (bicyclic) bond motifs is 1. The van der Waals surface area contributed by atoms with Gasteiger partial charge in [0.25, 0.3) is 5.69 Å². The highest BCUT2D eigenvalue weighted by Crippen LogP contribution is 2.26. The van der Waals surface area contributed by atoms with Gasteiger partial charge in [-0.15, -0.1) is 4.52 Å². The molecule has 0 amide bonds. The molecule has 38 heavy (non-hydrogen) atoms. The zero-order valence-electron chi connectivity index (χ0n) is 19.5.